The predicted molar refractivity (Wildman–Crippen MR) is 62.1 cm³/mol. The first-order chi connectivity index (χ1) is 7.07. The number of benzene rings is 1. The molecular weight excluding hydrogens is 210 g/mol. The first kappa shape index (κ1) is 10.2. The number of hydrogen-bond acceptors (Lipinski definition) is 3. The second-order valence-corrected chi connectivity index (χ2v) is 5.95. The summed E-state index contributed by atoms with van der Waals surface area (Å²) in [6, 6.07) is 7.54. The molecule has 0 amide bonds. The number of rotatable bonds is 1. The van der Waals surface area contributed by atoms with E-state index in [0.29, 0.717) is 12.1 Å². The van der Waals surface area contributed by atoms with Crippen molar-refractivity contribution < 1.29 is 8.42 Å². The lowest BCUT2D eigenvalue weighted by molar-refractivity contribution is 0.598. The summed E-state index contributed by atoms with van der Waals surface area (Å²) in [4.78, 5) is 0. The lowest BCUT2D eigenvalue weighted by atomic mass is 10.0. The SMILES string of the molecule is Nc1cccc(C2=CCS(=O)(=O)CC2)c1. The lowest BCUT2D eigenvalue weighted by Crippen LogP contribution is -2.14. The molecule has 0 spiro atoms. The summed E-state index contributed by atoms with van der Waals surface area (Å²) < 4.78 is 22.5. The van der Waals surface area contributed by atoms with Gasteiger partial charge in [0, 0.05) is 5.69 Å². The summed E-state index contributed by atoms with van der Waals surface area (Å²) in [5.74, 6) is 0.394. The maximum atomic E-state index is 11.2. The minimum Gasteiger partial charge on any atom is -0.399 e. The highest BCUT2D eigenvalue weighted by molar-refractivity contribution is 7.91. The molecule has 1 aromatic carbocycles. The molecular formula is C11H13NO2S. The Bertz CT molecular complexity index is 503. The molecule has 0 unspecified atom stereocenters. The zero-order valence-corrected chi connectivity index (χ0v) is 9.13. The van der Waals surface area contributed by atoms with Gasteiger partial charge in [-0.3, -0.25) is 0 Å². The third-order valence-corrected chi connectivity index (χ3v) is 4.02. The Hall–Kier alpha value is -1.29. The van der Waals surface area contributed by atoms with Crippen LogP contribution < -0.4 is 5.73 Å². The Morgan fingerprint density at radius 1 is 1.27 bits per heavy atom. The fourth-order valence-corrected chi connectivity index (χ4v) is 2.83. The van der Waals surface area contributed by atoms with E-state index in [1.54, 1.807) is 6.08 Å². The maximum Gasteiger partial charge on any atom is 0.154 e. The minimum absolute atomic E-state index is 0.150. The number of nitrogen functional groups attached to an aromatic ring is 1. The second-order valence-electron chi connectivity index (χ2n) is 3.72. The maximum absolute atomic E-state index is 11.2. The van der Waals surface area contributed by atoms with Gasteiger partial charge in [0.25, 0.3) is 0 Å². The van der Waals surface area contributed by atoms with Crippen LogP contribution in [-0.2, 0) is 9.84 Å². The largest absolute Gasteiger partial charge is 0.399 e. The van der Waals surface area contributed by atoms with Crippen LogP contribution in [0.15, 0.2) is 30.3 Å². The molecule has 0 bridgehead atoms. The quantitative estimate of drug-likeness (QED) is 0.733. The normalized spacial score (nSPS) is 19.6. The van der Waals surface area contributed by atoms with E-state index in [0.717, 1.165) is 11.1 Å². The summed E-state index contributed by atoms with van der Waals surface area (Å²) >= 11 is 0. The van der Waals surface area contributed by atoms with Crippen molar-refractivity contribution in [2.45, 2.75) is 6.42 Å². The molecule has 0 atom stereocenters. The van der Waals surface area contributed by atoms with Crippen LogP contribution in [-0.4, -0.2) is 19.9 Å². The van der Waals surface area contributed by atoms with Gasteiger partial charge in [0.05, 0.1) is 11.5 Å². The van der Waals surface area contributed by atoms with E-state index >= 15 is 0 Å². The highest BCUT2D eigenvalue weighted by Crippen LogP contribution is 2.24. The molecule has 1 aromatic rings. The zero-order valence-electron chi connectivity index (χ0n) is 8.31. The molecule has 1 aliphatic rings. The van der Waals surface area contributed by atoms with Gasteiger partial charge in [0.2, 0.25) is 0 Å². The number of hydrogen-bond donors (Lipinski definition) is 1. The second kappa shape index (κ2) is 3.70. The van der Waals surface area contributed by atoms with Crippen molar-refractivity contribution >= 4 is 21.1 Å². The Balaban J connectivity index is 2.31. The van der Waals surface area contributed by atoms with Crippen molar-refractivity contribution in [2.75, 3.05) is 17.2 Å². The molecule has 2 N–H and O–H groups in total. The Morgan fingerprint density at radius 3 is 2.67 bits per heavy atom. The zero-order chi connectivity index (χ0) is 10.9. The van der Waals surface area contributed by atoms with Gasteiger partial charge >= 0.3 is 0 Å². The molecule has 0 aromatic heterocycles. The minimum atomic E-state index is -2.84. The average molecular weight is 223 g/mol. The van der Waals surface area contributed by atoms with Gasteiger partial charge in [-0.15, -0.1) is 0 Å². The molecule has 0 aliphatic carbocycles. The molecule has 80 valence electrons. The van der Waals surface area contributed by atoms with Crippen molar-refractivity contribution in [3.8, 4) is 0 Å². The molecule has 0 fully saturated rings. The molecule has 15 heavy (non-hydrogen) atoms. The highest BCUT2D eigenvalue weighted by atomic mass is 32.2. The van der Waals surface area contributed by atoms with E-state index in [9.17, 15) is 8.42 Å². The van der Waals surface area contributed by atoms with Crippen LogP contribution in [0.5, 0.6) is 0 Å². The van der Waals surface area contributed by atoms with Gasteiger partial charge < -0.3 is 5.73 Å². The van der Waals surface area contributed by atoms with E-state index in [1.165, 1.54) is 0 Å². The summed E-state index contributed by atoms with van der Waals surface area (Å²) in [6.07, 6.45) is 2.37. The number of sulfone groups is 1. The predicted octanol–water partition coefficient (Wildman–Crippen LogP) is 1.47. The van der Waals surface area contributed by atoms with Crippen molar-refractivity contribution in [2.24, 2.45) is 0 Å². The standard InChI is InChI=1S/C11H13NO2S/c12-11-3-1-2-10(8-11)9-4-6-15(13,14)7-5-9/h1-4,8H,5-7,12H2. The molecule has 0 saturated carbocycles. The van der Waals surface area contributed by atoms with Crippen LogP contribution in [0.3, 0.4) is 0 Å². The van der Waals surface area contributed by atoms with E-state index in [4.69, 9.17) is 5.73 Å². The third kappa shape index (κ3) is 2.39. The Morgan fingerprint density at radius 2 is 2.07 bits per heavy atom. The lowest BCUT2D eigenvalue weighted by Gasteiger charge is -2.13. The van der Waals surface area contributed by atoms with Crippen molar-refractivity contribution in [3.05, 3.63) is 35.9 Å². The van der Waals surface area contributed by atoms with Gasteiger partial charge in [0.15, 0.2) is 9.84 Å². The van der Waals surface area contributed by atoms with Gasteiger partial charge in [-0.1, -0.05) is 18.2 Å². The van der Waals surface area contributed by atoms with Crippen molar-refractivity contribution in [1.29, 1.82) is 0 Å². The summed E-state index contributed by atoms with van der Waals surface area (Å²) in [5, 5.41) is 0. The number of nitrogens with two attached hydrogens (primary N) is 1. The highest BCUT2D eigenvalue weighted by Gasteiger charge is 2.17. The third-order valence-electron chi connectivity index (χ3n) is 2.52. The molecule has 1 heterocycles. The molecule has 3 nitrogen and oxygen atoms in total. The van der Waals surface area contributed by atoms with Gasteiger partial charge in [-0.2, -0.15) is 0 Å². The Kier molecular flexibility index (Phi) is 2.52. The van der Waals surface area contributed by atoms with E-state index in [-0.39, 0.29) is 11.5 Å². The first-order valence-electron chi connectivity index (χ1n) is 4.82. The van der Waals surface area contributed by atoms with Crippen molar-refractivity contribution in [3.63, 3.8) is 0 Å². The molecule has 1 aliphatic heterocycles. The molecule has 4 heteroatoms. The van der Waals surface area contributed by atoms with Crippen LogP contribution in [0.25, 0.3) is 5.57 Å². The monoisotopic (exact) mass is 223 g/mol. The topological polar surface area (TPSA) is 60.2 Å². The van der Waals surface area contributed by atoms with Gasteiger partial charge in [-0.25, -0.2) is 8.42 Å². The summed E-state index contributed by atoms with van der Waals surface area (Å²) in [6.45, 7) is 0. The van der Waals surface area contributed by atoms with E-state index in [2.05, 4.69) is 0 Å². The summed E-state index contributed by atoms with van der Waals surface area (Å²) in [5.41, 5.74) is 8.50. The van der Waals surface area contributed by atoms with Crippen LogP contribution >= 0.6 is 0 Å². The summed E-state index contributed by atoms with van der Waals surface area (Å²) in [7, 11) is -2.84. The van der Waals surface area contributed by atoms with Crippen molar-refractivity contribution in [1.82, 2.24) is 0 Å². The van der Waals surface area contributed by atoms with Crippen LogP contribution in [0.2, 0.25) is 0 Å². The first-order valence-corrected chi connectivity index (χ1v) is 6.64. The average Bonchev–Trinajstić information content (AvgIpc) is 2.17. The number of anilines is 1. The van der Waals surface area contributed by atoms with Crippen LogP contribution in [0, 0.1) is 0 Å². The smallest absolute Gasteiger partial charge is 0.154 e. The molecule has 2 rings (SSSR count). The van der Waals surface area contributed by atoms with Gasteiger partial charge in [0.1, 0.15) is 0 Å². The fourth-order valence-electron chi connectivity index (χ4n) is 1.68. The van der Waals surface area contributed by atoms with Crippen LogP contribution in [0.1, 0.15) is 12.0 Å². The molecule has 0 saturated heterocycles. The van der Waals surface area contributed by atoms with Crippen LogP contribution in [0.4, 0.5) is 5.69 Å². The fraction of sp³-hybridized carbons (Fsp3) is 0.273. The van der Waals surface area contributed by atoms with E-state index in [1.807, 2.05) is 24.3 Å². The number of allylic oxidation sites excluding steroid dienone is 1. The van der Waals surface area contributed by atoms with Gasteiger partial charge in [-0.05, 0) is 29.7 Å². The Labute approximate surface area is 89.5 Å². The van der Waals surface area contributed by atoms with E-state index < -0.39 is 9.84 Å². The molecule has 0 radical (unpaired) electrons.